The highest BCUT2D eigenvalue weighted by Crippen LogP contribution is 2.33. The minimum Gasteiger partial charge on any atom is -0.490 e. The van der Waals surface area contributed by atoms with Gasteiger partial charge in [0, 0.05) is 24.2 Å². The van der Waals surface area contributed by atoms with Crippen molar-refractivity contribution in [2.45, 2.75) is 38.9 Å². The molecule has 4 aromatic rings. The Morgan fingerprint density at radius 1 is 0.951 bits per heavy atom. The van der Waals surface area contributed by atoms with Gasteiger partial charge in [-0.05, 0) is 50.2 Å². The lowest BCUT2D eigenvalue weighted by Gasteiger charge is -2.15. The summed E-state index contributed by atoms with van der Waals surface area (Å²) in [6.45, 7) is 4.44. The lowest BCUT2D eigenvalue weighted by Crippen LogP contribution is -2.21. The van der Waals surface area contributed by atoms with E-state index in [1.54, 1.807) is 18.6 Å². The first-order chi connectivity index (χ1) is 19.1. The van der Waals surface area contributed by atoms with Gasteiger partial charge in [0.2, 0.25) is 0 Å². The maximum absolute atomic E-state index is 10.6. The quantitative estimate of drug-likeness (QED) is 0.243. The van der Waals surface area contributed by atoms with E-state index in [4.69, 9.17) is 29.3 Å². The van der Waals surface area contributed by atoms with Crippen LogP contribution >= 0.6 is 0 Å². The van der Waals surface area contributed by atoms with E-state index in [0.29, 0.717) is 18.1 Å². The third kappa shape index (κ3) is 10.7. The Bertz CT molecular complexity index is 1390. The molecule has 0 amide bonds. The first-order valence-corrected chi connectivity index (χ1v) is 11.3. The van der Waals surface area contributed by atoms with Gasteiger partial charge in [0.05, 0.1) is 17.2 Å². The third-order valence-corrected chi connectivity index (χ3v) is 4.44. The summed E-state index contributed by atoms with van der Waals surface area (Å²) in [5.74, 6) is -3.33. The minimum absolute atomic E-state index is 0.0495. The smallest absolute Gasteiger partial charge is 0.490 e. The van der Waals surface area contributed by atoms with E-state index in [1.807, 2.05) is 56.3 Å². The molecule has 0 spiro atoms. The molecule has 220 valence electrons. The number of nitrogens with zero attached hydrogens (tertiary/aromatic N) is 3. The van der Waals surface area contributed by atoms with Gasteiger partial charge in [0.25, 0.3) is 0 Å². The fraction of sp³-hybridized carbons (Fsp3) is 0.240. The minimum atomic E-state index is -5.08. The second kappa shape index (κ2) is 14.0. The van der Waals surface area contributed by atoms with E-state index in [9.17, 15) is 26.3 Å². The molecular formula is C25H22F6N4O6. The van der Waals surface area contributed by atoms with Crippen molar-refractivity contribution in [1.82, 2.24) is 19.9 Å². The van der Waals surface area contributed by atoms with Crippen LogP contribution in [-0.4, -0.2) is 60.5 Å². The molecule has 0 bridgehead atoms. The van der Waals surface area contributed by atoms with Gasteiger partial charge in [-0.1, -0.05) is 6.07 Å². The Morgan fingerprint density at radius 3 is 2.07 bits per heavy atom. The molecule has 0 fully saturated rings. The summed E-state index contributed by atoms with van der Waals surface area (Å²) in [5.41, 5.74) is 3.40. The van der Waals surface area contributed by atoms with Crippen LogP contribution < -0.4 is 9.47 Å². The summed E-state index contributed by atoms with van der Waals surface area (Å²) in [6, 6.07) is 13.5. The number of aromatic amines is 1. The van der Waals surface area contributed by atoms with Gasteiger partial charge in [-0.3, -0.25) is 4.98 Å². The van der Waals surface area contributed by atoms with E-state index < -0.39 is 24.3 Å². The van der Waals surface area contributed by atoms with Crippen LogP contribution in [0.15, 0.2) is 61.1 Å². The van der Waals surface area contributed by atoms with Crippen LogP contribution in [0.4, 0.5) is 26.3 Å². The number of benzene rings is 1. The van der Waals surface area contributed by atoms with Crippen LogP contribution in [0.1, 0.15) is 19.4 Å². The number of H-pyrrole nitrogens is 1. The highest BCUT2D eigenvalue weighted by molar-refractivity contribution is 5.78. The van der Waals surface area contributed by atoms with Crippen LogP contribution in [-0.2, 0) is 16.2 Å². The molecule has 0 unspecified atom stereocenters. The molecule has 3 aromatic heterocycles. The second-order valence-corrected chi connectivity index (χ2v) is 8.04. The summed E-state index contributed by atoms with van der Waals surface area (Å²) in [4.78, 5) is 34.1. The van der Waals surface area contributed by atoms with Crippen molar-refractivity contribution in [3.8, 4) is 22.9 Å². The lowest BCUT2D eigenvalue weighted by atomic mass is 10.1. The molecule has 0 saturated heterocycles. The highest BCUT2D eigenvalue weighted by atomic mass is 19.4. The number of pyridine rings is 2. The molecule has 0 aliphatic heterocycles. The Kier molecular flexibility index (Phi) is 11.0. The van der Waals surface area contributed by atoms with Crippen molar-refractivity contribution >= 4 is 23.1 Å². The van der Waals surface area contributed by atoms with Gasteiger partial charge >= 0.3 is 24.3 Å². The number of rotatable bonds is 6. The number of halogens is 6. The van der Waals surface area contributed by atoms with Crippen LogP contribution in [0.3, 0.4) is 0 Å². The largest absolute Gasteiger partial charge is 0.490 e. The number of carbonyl (C=O) groups is 2. The van der Waals surface area contributed by atoms with E-state index in [0.717, 1.165) is 28.1 Å². The first-order valence-electron chi connectivity index (χ1n) is 11.3. The molecule has 0 atom stereocenters. The summed E-state index contributed by atoms with van der Waals surface area (Å²) in [7, 11) is 0. The number of imidazole rings is 1. The molecule has 41 heavy (non-hydrogen) atoms. The number of hydrogen-bond acceptors (Lipinski definition) is 7. The Balaban J connectivity index is 0.000000349. The number of hydrogen-bond donors (Lipinski definition) is 3. The molecule has 0 aliphatic rings. The zero-order chi connectivity index (χ0) is 30.8. The number of aliphatic carboxylic acids is 2. The average molecular weight is 588 g/mol. The number of ether oxygens (including phenoxy) is 2. The molecule has 3 N–H and O–H groups in total. The lowest BCUT2D eigenvalue weighted by molar-refractivity contribution is -0.193. The number of aromatic nitrogens is 4. The van der Waals surface area contributed by atoms with E-state index in [2.05, 4.69) is 19.9 Å². The number of fused-ring (bicyclic) bond motifs is 1. The summed E-state index contributed by atoms with van der Waals surface area (Å²) in [6.07, 6.45) is -4.85. The Hall–Kier alpha value is -4.89. The molecule has 4 rings (SSSR count). The average Bonchev–Trinajstić information content (AvgIpc) is 3.32. The van der Waals surface area contributed by atoms with Crippen molar-refractivity contribution in [3.05, 3.63) is 66.6 Å². The molecule has 16 heteroatoms. The third-order valence-electron chi connectivity index (χ3n) is 4.44. The normalized spacial score (nSPS) is 11.1. The zero-order valence-corrected chi connectivity index (χ0v) is 21.2. The predicted octanol–water partition coefficient (Wildman–Crippen LogP) is 5.65. The molecule has 0 radical (unpaired) electrons. The SMILES string of the molecule is CC(C)Oc1ccc(OCc2cccnc2)cc1-c1nc2ncccc2[nH]1.O=C(O)C(F)(F)F.O=C(O)C(F)(F)F. The Labute approximate surface area is 227 Å². The van der Waals surface area contributed by atoms with Crippen molar-refractivity contribution < 1.29 is 55.6 Å². The number of carboxylic acids is 2. The zero-order valence-electron chi connectivity index (χ0n) is 21.2. The molecular weight excluding hydrogens is 566 g/mol. The maximum Gasteiger partial charge on any atom is 0.490 e. The van der Waals surface area contributed by atoms with E-state index in [-0.39, 0.29) is 6.10 Å². The van der Waals surface area contributed by atoms with Crippen molar-refractivity contribution in [1.29, 1.82) is 0 Å². The van der Waals surface area contributed by atoms with E-state index in [1.165, 1.54) is 0 Å². The van der Waals surface area contributed by atoms with Gasteiger partial charge in [-0.25, -0.2) is 19.6 Å². The standard InChI is InChI=1S/C21H20N4O2.2C2HF3O2/c1-14(2)27-19-8-7-16(26-13-15-5-3-9-22-12-15)11-17(19)20-24-18-6-4-10-23-21(18)25-20;2*3-2(4,5)1(6)7/h3-12,14H,13H2,1-2H3,(H,23,24,25);2*(H,6,7). The van der Waals surface area contributed by atoms with Crippen LogP contribution in [0, 0.1) is 0 Å². The monoisotopic (exact) mass is 588 g/mol. The van der Waals surface area contributed by atoms with Crippen molar-refractivity contribution in [3.63, 3.8) is 0 Å². The van der Waals surface area contributed by atoms with Gasteiger partial charge in [0.15, 0.2) is 5.65 Å². The first kappa shape index (κ1) is 32.3. The van der Waals surface area contributed by atoms with Crippen LogP contribution in [0.5, 0.6) is 11.5 Å². The summed E-state index contributed by atoms with van der Waals surface area (Å²) >= 11 is 0. The van der Waals surface area contributed by atoms with Gasteiger partial charge in [-0.15, -0.1) is 0 Å². The van der Waals surface area contributed by atoms with Crippen LogP contribution in [0.2, 0.25) is 0 Å². The van der Waals surface area contributed by atoms with Crippen molar-refractivity contribution in [2.24, 2.45) is 0 Å². The molecule has 10 nitrogen and oxygen atoms in total. The van der Waals surface area contributed by atoms with Crippen molar-refractivity contribution in [2.75, 3.05) is 0 Å². The van der Waals surface area contributed by atoms with Gasteiger partial charge in [0.1, 0.15) is 23.9 Å². The molecule has 0 aliphatic carbocycles. The maximum atomic E-state index is 10.6. The number of carboxylic acid groups (broad SMARTS) is 2. The van der Waals surface area contributed by atoms with Gasteiger partial charge < -0.3 is 24.7 Å². The highest BCUT2D eigenvalue weighted by Gasteiger charge is 2.38. The van der Waals surface area contributed by atoms with Crippen LogP contribution in [0.25, 0.3) is 22.6 Å². The number of alkyl halides is 6. The topological polar surface area (TPSA) is 148 Å². The number of nitrogens with one attached hydrogen (secondary N) is 1. The summed E-state index contributed by atoms with van der Waals surface area (Å²) in [5, 5.41) is 14.2. The molecule has 0 saturated carbocycles. The fourth-order valence-electron chi connectivity index (χ4n) is 2.76. The predicted molar refractivity (Wildman–Crippen MR) is 131 cm³/mol. The molecule has 3 heterocycles. The molecule has 1 aromatic carbocycles. The fourth-order valence-corrected chi connectivity index (χ4v) is 2.76. The van der Waals surface area contributed by atoms with Gasteiger partial charge in [-0.2, -0.15) is 26.3 Å². The van der Waals surface area contributed by atoms with E-state index >= 15 is 0 Å². The summed E-state index contributed by atoms with van der Waals surface area (Å²) < 4.78 is 75.4. The second-order valence-electron chi connectivity index (χ2n) is 8.04. The Morgan fingerprint density at radius 2 is 1.56 bits per heavy atom.